The molecule has 0 fully saturated rings. The highest BCUT2D eigenvalue weighted by Crippen LogP contribution is 2.31. The normalized spacial score (nSPS) is 12.8. The average molecular weight is 395 g/mol. The van der Waals surface area contributed by atoms with Crippen LogP contribution in [0.4, 0.5) is 10.2 Å². The number of nitrogen functional groups attached to an aromatic ring is 1. The molecule has 2 amide bonds. The number of carbonyl (C=O) groups excluding carboxylic acids is 2. The van der Waals surface area contributed by atoms with E-state index in [0.717, 1.165) is 16.5 Å². The van der Waals surface area contributed by atoms with Gasteiger partial charge < -0.3 is 5.73 Å². The predicted molar refractivity (Wildman–Crippen MR) is 104 cm³/mol. The Kier molecular flexibility index (Phi) is 4.48. The molecule has 28 heavy (non-hydrogen) atoms. The molecule has 6 nitrogen and oxygen atoms in total. The van der Waals surface area contributed by atoms with E-state index >= 15 is 0 Å². The number of halogens is 1. The van der Waals surface area contributed by atoms with Gasteiger partial charge in [-0.3, -0.25) is 24.3 Å². The van der Waals surface area contributed by atoms with Crippen LogP contribution in [0.3, 0.4) is 0 Å². The molecule has 0 saturated heterocycles. The summed E-state index contributed by atoms with van der Waals surface area (Å²) >= 11 is 1.41. The van der Waals surface area contributed by atoms with E-state index in [1.165, 1.54) is 28.5 Å². The fourth-order valence-electron chi connectivity index (χ4n) is 3.08. The fourth-order valence-corrected chi connectivity index (χ4v) is 4.06. The number of hydrogen-bond donors (Lipinski definition) is 2. The molecular weight excluding hydrogens is 381 g/mol. The molecule has 2 heterocycles. The summed E-state index contributed by atoms with van der Waals surface area (Å²) in [5, 5.41) is 2.14. The quantitative estimate of drug-likeness (QED) is 0.523. The molecule has 3 N–H and O–H groups in total. The average Bonchev–Trinajstić information content (AvgIpc) is 2.94. The van der Waals surface area contributed by atoms with E-state index < -0.39 is 17.4 Å². The van der Waals surface area contributed by atoms with Crippen molar-refractivity contribution in [2.45, 2.75) is 10.6 Å². The highest BCUT2D eigenvalue weighted by atomic mass is 32.2. The first kappa shape index (κ1) is 18.0. The smallest absolute Gasteiger partial charge is 0.262 e. The van der Waals surface area contributed by atoms with Crippen LogP contribution in [0.2, 0.25) is 0 Å². The van der Waals surface area contributed by atoms with Crippen LogP contribution in [0.5, 0.6) is 0 Å². The van der Waals surface area contributed by atoms with Crippen molar-refractivity contribution >= 4 is 29.4 Å². The number of benzene rings is 2. The first-order valence-corrected chi connectivity index (χ1v) is 9.32. The van der Waals surface area contributed by atoms with Gasteiger partial charge in [0.1, 0.15) is 11.6 Å². The van der Waals surface area contributed by atoms with Gasteiger partial charge in [0, 0.05) is 16.7 Å². The Hall–Kier alpha value is -3.39. The highest BCUT2D eigenvalue weighted by Gasteiger charge is 2.32. The number of rotatable bonds is 4. The predicted octanol–water partition coefficient (Wildman–Crippen LogP) is 2.73. The molecule has 1 aliphatic heterocycles. The minimum Gasteiger partial charge on any atom is -0.384 e. The van der Waals surface area contributed by atoms with Gasteiger partial charge in [0.15, 0.2) is 0 Å². The Labute approximate surface area is 163 Å². The molecule has 0 atom stereocenters. The number of nitrogens with zero attached hydrogens (tertiary/aromatic N) is 1. The van der Waals surface area contributed by atoms with Gasteiger partial charge in [-0.25, -0.2) is 4.39 Å². The van der Waals surface area contributed by atoms with E-state index in [1.54, 1.807) is 18.2 Å². The lowest BCUT2D eigenvalue weighted by Gasteiger charge is -2.15. The molecular formula is C20H14FN3O3S. The summed E-state index contributed by atoms with van der Waals surface area (Å²) in [7, 11) is 0. The minimum absolute atomic E-state index is 0.00506. The molecule has 0 aliphatic carbocycles. The Morgan fingerprint density at radius 1 is 1.00 bits per heavy atom. The molecule has 140 valence electrons. The van der Waals surface area contributed by atoms with Crippen molar-refractivity contribution in [2.24, 2.45) is 0 Å². The van der Waals surface area contributed by atoms with Crippen LogP contribution in [-0.4, -0.2) is 16.4 Å². The van der Waals surface area contributed by atoms with Gasteiger partial charge >= 0.3 is 0 Å². The monoisotopic (exact) mass is 395 g/mol. The van der Waals surface area contributed by atoms with E-state index in [-0.39, 0.29) is 22.8 Å². The van der Waals surface area contributed by atoms with Crippen LogP contribution >= 0.6 is 11.8 Å². The van der Waals surface area contributed by atoms with Crippen molar-refractivity contribution in [3.05, 3.63) is 87.5 Å². The van der Waals surface area contributed by atoms with Gasteiger partial charge in [0.05, 0.1) is 16.8 Å². The lowest BCUT2D eigenvalue weighted by Crippen LogP contribution is -2.24. The standard InChI is InChI=1S/C20H14FN3O3S/c21-12-5-3-4-11(8-12)10-28-15-7-2-1-6-14(15)24-16(25)9-13-17(18(24)22)20(27)23-19(13)26/h1-9H,10,22H2,(H,23,26,27). The second kappa shape index (κ2) is 6.97. The maximum Gasteiger partial charge on any atom is 0.262 e. The zero-order valence-corrected chi connectivity index (χ0v) is 15.3. The van der Waals surface area contributed by atoms with Crippen LogP contribution in [0.15, 0.2) is 64.3 Å². The van der Waals surface area contributed by atoms with Crippen LogP contribution in [0.25, 0.3) is 5.69 Å². The second-order valence-corrected chi connectivity index (χ2v) is 7.18. The zero-order chi connectivity index (χ0) is 19.8. The second-order valence-electron chi connectivity index (χ2n) is 6.16. The lowest BCUT2D eigenvalue weighted by atomic mass is 10.1. The van der Waals surface area contributed by atoms with E-state index in [2.05, 4.69) is 5.32 Å². The number of thioether (sulfide) groups is 1. The first-order chi connectivity index (χ1) is 13.5. The van der Waals surface area contributed by atoms with E-state index in [4.69, 9.17) is 5.73 Å². The molecule has 3 aromatic rings. The van der Waals surface area contributed by atoms with Crippen LogP contribution in [-0.2, 0) is 5.75 Å². The van der Waals surface area contributed by atoms with Crippen molar-refractivity contribution < 1.29 is 14.0 Å². The molecule has 0 saturated carbocycles. The number of carbonyl (C=O) groups is 2. The number of amides is 2. The summed E-state index contributed by atoms with van der Waals surface area (Å²) < 4.78 is 14.6. The Morgan fingerprint density at radius 2 is 1.79 bits per heavy atom. The van der Waals surface area contributed by atoms with Gasteiger partial charge in [-0.2, -0.15) is 0 Å². The lowest BCUT2D eigenvalue weighted by molar-refractivity contribution is 0.0880. The summed E-state index contributed by atoms with van der Waals surface area (Å²) in [6.07, 6.45) is 0. The number of nitrogens with two attached hydrogens (primary N) is 1. The Balaban J connectivity index is 1.77. The van der Waals surface area contributed by atoms with Crippen molar-refractivity contribution in [3.8, 4) is 5.69 Å². The summed E-state index contributed by atoms with van der Waals surface area (Å²) in [6.45, 7) is 0. The third kappa shape index (κ3) is 3.07. The molecule has 8 heteroatoms. The zero-order valence-electron chi connectivity index (χ0n) is 14.4. The van der Waals surface area contributed by atoms with Crippen LogP contribution in [0.1, 0.15) is 26.3 Å². The Bertz CT molecular complexity index is 1190. The summed E-state index contributed by atoms with van der Waals surface area (Å²) in [5.41, 5.74) is 6.85. The third-order valence-corrected chi connectivity index (χ3v) is 5.48. The van der Waals surface area contributed by atoms with Crippen molar-refractivity contribution in [3.63, 3.8) is 0 Å². The molecule has 1 aliphatic rings. The Morgan fingerprint density at radius 3 is 2.57 bits per heavy atom. The van der Waals surface area contributed by atoms with E-state index in [1.807, 2.05) is 18.2 Å². The molecule has 0 bridgehead atoms. The minimum atomic E-state index is -0.635. The van der Waals surface area contributed by atoms with Gasteiger partial charge in [0.25, 0.3) is 17.4 Å². The van der Waals surface area contributed by atoms with Gasteiger partial charge in [-0.1, -0.05) is 24.3 Å². The molecule has 0 unspecified atom stereocenters. The van der Waals surface area contributed by atoms with Crippen LogP contribution in [0, 0.1) is 5.82 Å². The van der Waals surface area contributed by atoms with Gasteiger partial charge in [0.2, 0.25) is 0 Å². The van der Waals surface area contributed by atoms with Gasteiger partial charge in [-0.05, 0) is 29.8 Å². The fraction of sp³-hybridized carbons (Fsp3) is 0.0500. The number of aromatic nitrogens is 1. The van der Waals surface area contributed by atoms with Crippen molar-refractivity contribution in [1.29, 1.82) is 0 Å². The number of para-hydroxylation sites is 1. The molecule has 0 radical (unpaired) electrons. The van der Waals surface area contributed by atoms with Gasteiger partial charge in [-0.15, -0.1) is 11.8 Å². The maximum atomic E-state index is 13.4. The molecule has 1 aromatic heterocycles. The molecule has 2 aromatic carbocycles. The highest BCUT2D eigenvalue weighted by molar-refractivity contribution is 7.98. The first-order valence-electron chi connectivity index (χ1n) is 8.33. The van der Waals surface area contributed by atoms with Crippen LogP contribution < -0.4 is 16.6 Å². The van der Waals surface area contributed by atoms with E-state index in [9.17, 15) is 18.8 Å². The topological polar surface area (TPSA) is 94.2 Å². The largest absolute Gasteiger partial charge is 0.384 e. The number of pyridine rings is 1. The van der Waals surface area contributed by atoms with Crippen molar-refractivity contribution in [1.82, 2.24) is 9.88 Å². The summed E-state index contributed by atoms with van der Waals surface area (Å²) in [6, 6.07) is 14.4. The number of anilines is 1. The molecule has 0 spiro atoms. The SMILES string of the molecule is Nc1c2c(cc(=O)n1-c1ccccc1SCc1cccc(F)c1)C(=O)NC2=O. The molecule has 4 rings (SSSR count). The maximum absolute atomic E-state index is 13.4. The van der Waals surface area contributed by atoms with E-state index in [0.29, 0.717) is 11.4 Å². The summed E-state index contributed by atoms with van der Waals surface area (Å²) in [4.78, 5) is 37.2. The summed E-state index contributed by atoms with van der Waals surface area (Å²) in [5.74, 6) is -1.19. The third-order valence-electron chi connectivity index (χ3n) is 4.34. The number of imide groups is 1. The number of fused-ring (bicyclic) bond motifs is 1. The number of nitrogens with one attached hydrogen (secondary N) is 1. The van der Waals surface area contributed by atoms with Crippen molar-refractivity contribution in [2.75, 3.05) is 5.73 Å². The number of hydrogen-bond acceptors (Lipinski definition) is 5.